The van der Waals surface area contributed by atoms with Crippen molar-refractivity contribution in [3.8, 4) is 61.6 Å². The van der Waals surface area contributed by atoms with Gasteiger partial charge in [0.25, 0.3) is 0 Å². The average molecular weight is 690 g/mol. The molecule has 9 aromatic rings. The molecule has 254 valence electrons. The van der Waals surface area contributed by atoms with E-state index in [1.807, 2.05) is 30.3 Å². The van der Waals surface area contributed by atoms with Crippen LogP contribution in [0.5, 0.6) is 0 Å². The maximum atomic E-state index is 8.08. The molecular formula is C51H35N3. The van der Waals surface area contributed by atoms with Gasteiger partial charge in [-0.25, -0.2) is 9.83 Å². The molecule has 0 radical (unpaired) electrons. The molecule has 54 heavy (non-hydrogen) atoms. The third kappa shape index (κ3) is 4.92. The molecule has 0 amide bonds. The number of hydrogen-bond acceptors (Lipinski definition) is 1. The third-order valence-corrected chi connectivity index (χ3v) is 11.2. The molecule has 0 unspecified atom stereocenters. The van der Waals surface area contributed by atoms with Crippen LogP contribution in [0, 0.1) is 6.57 Å². The van der Waals surface area contributed by atoms with Gasteiger partial charge >= 0.3 is 0 Å². The zero-order valence-electron chi connectivity index (χ0n) is 30.1. The second-order valence-electron chi connectivity index (χ2n) is 14.7. The van der Waals surface area contributed by atoms with Crippen LogP contribution in [0.4, 0.5) is 5.69 Å². The number of rotatable bonds is 5. The highest BCUT2D eigenvalue weighted by atomic mass is 15.0. The molecule has 0 aliphatic heterocycles. The Morgan fingerprint density at radius 2 is 1.09 bits per heavy atom. The minimum atomic E-state index is -0.166. The summed E-state index contributed by atoms with van der Waals surface area (Å²) in [6.45, 7) is 12.8. The summed E-state index contributed by atoms with van der Waals surface area (Å²) in [5.41, 5.74) is 17.2. The summed E-state index contributed by atoms with van der Waals surface area (Å²) >= 11 is 0. The zero-order chi connectivity index (χ0) is 36.4. The predicted octanol–water partition coefficient (Wildman–Crippen LogP) is 13.7. The van der Waals surface area contributed by atoms with Crippen molar-refractivity contribution in [1.29, 1.82) is 0 Å². The quantitative estimate of drug-likeness (QED) is 0.165. The van der Waals surface area contributed by atoms with Crippen LogP contribution >= 0.6 is 0 Å². The van der Waals surface area contributed by atoms with E-state index in [9.17, 15) is 0 Å². The molecule has 1 aliphatic carbocycles. The lowest BCUT2D eigenvalue weighted by atomic mass is 9.80. The molecule has 0 fully saturated rings. The van der Waals surface area contributed by atoms with Gasteiger partial charge in [0.1, 0.15) is 0 Å². The fraction of sp³-hybridized carbons (Fsp3) is 0.0588. The van der Waals surface area contributed by atoms with Gasteiger partial charge in [0.05, 0.1) is 29.0 Å². The summed E-state index contributed by atoms with van der Waals surface area (Å²) < 4.78 is 2.43. The van der Waals surface area contributed by atoms with Crippen molar-refractivity contribution in [2.45, 2.75) is 19.3 Å². The molecule has 0 N–H and O–H groups in total. The first-order chi connectivity index (χ1) is 26.5. The van der Waals surface area contributed by atoms with Crippen LogP contribution < -0.4 is 0 Å². The van der Waals surface area contributed by atoms with Crippen LogP contribution in [0.15, 0.2) is 176 Å². The Morgan fingerprint density at radius 3 is 1.81 bits per heavy atom. The van der Waals surface area contributed by atoms with Gasteiger partial charge in [-0.2, -0.15) is 0 Å². The first-order valence-electron chi connectivity index (χ1n) is 18.4. The minimum absolute atomic E-state index is 0.166. The summed E-state index contributed by atoms with van der Waals surface area (Å²) in [7, 11) is 0. The number of aromatic nitrogens is 2. The van der Waals surface area contributed by atoms with Crippen LogP contribution in [-0.4, -0.2) is 9.55 Å². The molecule has 0 spiro atoms. The Hall–Kier alpha value is -7.02. The van der Waals surface area contributed by atoms with E-state index in [-0.39, 0.29) is 5.41 Å². The molecular weight excluding hydrogens is 655 g/mol. The normalized spacial score (nSPS) is 12.8. The maximum absolute atomic E-state index is 8.08. The van der Waals surface area contributed by atoms with Crippen molar-refractivity contribution in [1.82, 2.24) is 9.55 Å². The molecule has 2 heterocycles. The van der Waals surface area contributed by atoms with E-state index in [1.165, 1.54) is 38.5 Å². The fourth-order valence-electron chi connectivity index (χ4n) is 8.70. The summed E-state index contributed by atoms with van der Waals surface area (Å²) in [6.07, 6.45) is 0. The van der Waals surface area contributed by atoms with Gasteiger partial charge in [-0.15, -0.1) is 0 Å². The van der Waals surface area contributed by atoms with Gasteiger partial charge in [-0.1, -0.05) is 147 Å². The number of hydrogen-bond donors (Lipinski definition) is 0. The summed E-state index contributed by atoms with van der Waals surface area (Å²) in [6, 6.07) is 62.2. The van der Waals surface area contributed by atoms with E-state index < -0.39 is 0 Å². The van der Waals surface area contributed by atoms with E-state index in [0.717, 1.165) is 56.0 Å². The van der Waals surface area contributed by atoms with Crippen LogP contribution in [-0.2, 0) is 5.41 Å². The van der Waals surface area contributed by atoms with Crippen molar-refractivity contribution in [3.63, 3.8) is 0 Å². The van der Waals surface area contributed by atoms with Gasteiger partial charge < -0.3 is 4.57 Å². The van der Waals surface area contributed by atoms with E-state index in [4.69, 9.17) is 11.6 Å². The lowest BCUT2D eigenvalue weighted by molar-refractivity contribution is 0.666. The van der Waals surface area contributed by atoms with E-state index in [2.05, 4.69) is 169 Å². The van der Waals surface area contributed by atoms with Gasteiger partial charge in [0, 0.05) is 33.0 Å². The van der Waals surface area contributed by atoms with Gasteiger partial charge in [0.15, 0.2) is 5.69 Å². The molecule has 0 saturated carbocycles. The van der Waals surface area contributed by atoms with Gasteiger partial charge in [-0.3, -0.25) is 0 Å². The largest absolute Gasteiger partial charge is 0.309 e. The standard InChI is InChI=1S/C51H35N3/c1-51(2)43-23-13-10-21-40(43)41-26-27-48-49(50(41)51)42-22-12-15-25-47(42)54(48)38-29-35(28-37(30-38)39-20-11-14-24-44(39)52-3)36-31-45(33-16-6-4-7-17-33)53-46(32-36)34-18-8-5-9-19-34/h4-32H,1-2H3. The average Bonchev–Trinajstić information content (AvgIpc) is 3.69. The van der Waals surface area contributed by atoms with Crippen molar-refractivity contribution < 1.29 is 0 Å². The molecule has 1 aliphatic rings. The maximum Gasteiger partial charge on any atom is 0.194 e. The monoisotopic (exact) mass is 689 g/mol. The second-order valence-corrected chi connectivity index (χ2v) is 14.7. The fourth-order valence-corrected chi connectivity index (χ4v) is 8.70. The summed E-state index contributed by atoms with van der Waals surface area (Å²) in [5, 5.41) is 2.53. The number of para-hydroxylation sites is 2. The molecule has 0 saturated heterocycles. The third-order valence-electron chi connectivity index (χ3n) is 11.2. The Balaban J connectivity index is 1.28. The molecule has 7 aromatic carbocycles. The van der Waals surface area contributed by atoms with Crippen molar-refractivity contribution in [2.75, 3.05) is 0 Å². The van der Waals surface area contributed by atoms with Crippen molar-refractivity contribution in [3.05, 3.63) is 198 Å². The van der Waals surface area contributed by atoms with Crippen molar-refractivity contribution in [2.24, 2.45) is 0 Å². The smallest absolute Gasteiger partial charge is 0.194 e. The van der Waals surface area contributed by atoms with Gasteiger partial charge in [-0.05, 0) is 87.0 Å². The number of fused-ring (bicyclic) bond motifs is 7. The first kappa shape index (κ1) is 31.7. The van der Waals surface area contributed by atoms with E-state index >= 15 is 0 Å². The van der Waals surface area contributed by atoms with E-state index in [1.54, 1.807) is 0 Å². The predicted molar refractivity (Wildman–Crippen MR) is 224 cm³/mol. The molecule has 3 nitrogen and oxygen atoms in total. The highest BCUT2D eigenvalue weighted by Gasteiger charge is 2.38. The summed E-state index contributed by atoms with van der Waals surface area (Å²) in [4.78, 5) is 9.14. The number of nitrogens with zero attached hydrogens (tertiary/aromatic N) is 3. The Bertz CT molecular complexity index is 2900. The van der Waals surface area contributed by atoms with E-state index in [0.29, 0.717) is 5.69 Å². The lowest BCUT2D eigenvalue weighted by Crippen LogP contribution is -2.15. The Morgan fingerprint density at radius 1 is 0.500 bits per heavy atom. The Kier molecular flexibility index (Phi) is 7.22. The zero-order valence-corrected chi connectivity index (χ0v) is 30.1. The number of pyridine rings is 1. The number of benzene rings is 7. The van der Waals surface area contributed by atoms with Crippen LogP contribution in [0.25, 0.3) is 88.2 Å². The van der Waals surface area contributed by atoms with Crippen LogP contribution in [0.2, 0.25) is 0 Å². The Labute approximate surface area is 315 Å². The first-order valence-corrected chi connectivity index (χ1v) is 18.4. The summed E-state index contributed by atoms with van der Waals surface area (Å²) in [5.74, 6) is 0. The topological polar surface area (TPSA) is 22.2 Å². The minimum Gasteiger partial charge on any atom is -0.309 e. The molecule has 0 atom stereocenters. The SMILES string of the molecule is [C-]#[N+]c1ccccc1-c1cc(-c2cc(-c3ccccc3)nc(-c3ccccc3)c2)cc(-n2c3ccccc3c3c4c(ccc32)-c2ccccc2C4(C)C)c1. The van der Waals surface area contributed by atoms with Crippen LogP contribution in [0.1, 0.15) is 25.0 Å². The molecule has 10 rings (SSSR count). The highest BCUT2D eigenvalue weighted by Crippen LogP contribution is 2.53. The molecule has 0 bridgehead atoms. The van der Waals surface area contributed by atoms with Crippen molar-refractivity contribution >= 4 is 27.5 Å². The molecule has 2 aromatic heterocycles. The van der Waals surface area contributed by atoms with Gasteiger partial charge in [0.2, 0.25) is 0 Å². The molecule has 3 heteroatoms. The second kappa shape index (κ2) is 12.3. The lowest BCUT2D eigenvalue weighted by Gasteiger charge is -2.22. The van der Waals surface area contributed by atoms with Crippen LogP contribution in [0.3, 0.4) is 0 Å². The highest BCUT2D eigenvalue weighted by molar-refractivity contribution is 6.14.